The number of likely N-dealkylation sites (N-methyl/N-ethyl adjacent to an activating group) is 2. The minimum Gasteiger partial charge on any atom is -0.347 e. The Morgan fingerprint density at radius 3 is 2.04 bits per heavy atom. The van der Waals surface area contributed by atoms with Gasteiger partial charge in [-0.1, -0.05) is 60.2 Å². The van der Waals surface area contributed by atoms with Gasteiger partial charge < -0.3 is 9.80 Å². The lowest BCUT2D eigenvalue weighted by atomic mass is 9.98. The topological polar surface area (TPSA) is 52.7 Å². The van der Waals surface area contributed by atoms with E-state index < -0.39 is 0 Å². The quantitative estimate of drug-likeness (QED) is 0.830. The van der Waals surface area contributed by atoms with Crippen LogP contribution in [0.1, 0.15) is 22.7 Å². The van der Waals surface area contributed by atoms with Gasteiger partial charge in [0.1, 0.15) is 0 Å². The Hall–Kier alpha value is -2.66. The summed E-state index contributed by atoms with van der Waals surface area (Å²) in [5, 5.41) is 3.34. The van der Waals surface area contributed by atoms with Gasteiger partial charge in [-0.05, 0) is 18.1 Å². The molecular weight excluding hydrogens is 326 g/mol. The highest BCUT2D eigenvalue weighted by atomic mass is 16.2. The van der Waals surface area contributed by atoms with Gasteiger partial charge in [0.2, 0.25) is 11.8 Å². The van der Waals surface area contributed by atoms with E-state index in [2.05, 4.69) is 36.5 Å². The Bertz CT molecular complexity index is 727. The number of hydrogen-bond acceptors (Lipinski definition) is 3. The Balaban J connectivity index is 2.09. The van der Waals surface area contributed by atoms with E-state index in [1.54, 1.807) is 21.1 Å². The van der Waals surface area contributed by atoms with Crippen molar-refractivity contribution in [3.05, 3.63) is 71.3 Å². The van der Waals surface area contributed by atoms with Crippen molar-refractivity contribution >= 4 is 11.8 Å². The van der Waals surface area contributed by atoms with E-state index in [4.69, 9.17) is 0 Å². The zero-order valence-electron chi connectivity index (χ0n) is 15.9. The van der Waals surface area contributed by atoms with E-state index in [-0.39, 0.29) is 30.9 Å². The molecule has 0 aromatic heterocycles. The molecule has 0 radical (unpaired) electrons. The largest absolute Gasteiger partial charge is 0.347 e. The van der Waals surface area contributed by atoms with Crippen LogP contribution in [0.25, 0.3) is 0 Å². The van der Waals surface area contributed by atoms with Crippen LogP contribution in [0.4, 0.5) is 0 Å². The van der Waals surface area contributed by atoms with Crippen LogP contribution in [0.5, 0.6) is 0 Å². The van der Waals surface area contributed by atoms with Crippen LogP contribution in [0.2, 0.25) is 0 Å². The molecule has 0 fully saturated rings. The molecule has 138 valence electrons. The summed E-state index contributed by atoms with van der Waals surface area (Å²) >= 11 is 0. The molecule has 0 unspecified atom stereocenters. The Kier molecular flexibility index (Phi) is 6.92. The van der Waals surface area contributed by atoms with Crippen molar-refractivity contribution in [2.45, 2.75) is 13.0 Å². The summed E-state index contributed by atoms with van der Waals surface area (Å²) in [4.78, 5) is 27.1. The molecule has 0 aliphatic rings. The molecule has 5 nitrogen and oxygen atoms in total. The summed E-state index contributed by atoms with van der Waals surface area (Å²) < 4.78 is 0. The third-order valence-electron chi connectivity index (χ3n) is 4.30. The van der Waals surface area contributed by atoms with E-state index in [9.17, 15) is 9.59 Å². The van der Waals surface area contributed by atoms with Crippen LogP contribution >= 0.6 is 0 Å². The summed E-state index contributed by atoms with van der Waals surface area (Å²) in [6.45, 7) is 2.29. The maximum atomic E-state index is 12.4. The summed E-state index contributed by atoms with van der Waals surface area (Å²) in [5.41, 5.74) is 3.39. The highest BCUT2D eigenvalue weighted by Gasteiger charge is 2.18. The number of rotatable bonds is 7. The predicted octanol–water partition coefficient (Wildman–Crippen LogP) is 2.22. The fourth-order valence-electron chi connectivity index (χ4n) is 2.59. The Labute approximate surface area is 155 Å². The number of nitrogens with zero attached hydrogens (tertiary/aromatic N) is 2. The SMILES string of the molecule is Cc1ccc([C@@H](NCC(=O)N(C)CC(=O)N(C)C)c2ccccc2)cc1. The second-order valence-electron chi connectivity index (χ2n) is 6.67. The molecule has 0 saturated heterocycles. The first-order valence-corrected chi connectivity index (χ1v) is 8.67. The minimum atomic E-state index is -0.117. The van der Waals surface area contributed by atoms with Crippen molar-refractivity contribution < 1.29 is 9.59 Å². The molecule has 2 aromatic carbocycles. The van der Waals surface area contributed by atoms with Crippen LogP contribution < -0.4 is 5.32 Å². The maximum absolute atomic E-state index is 12.4. The van der Waals surface area contributed by atoms with Crippen molar-refractivity contribution in [2.75, 3.05) is 34.2 Å². The van der Waals surface area contributed by atoms with Gasteiger partial charge in [0.15, 0.2) is 0 Å². The molecule has 0 aliphatic heterocycles. The smallest absolute Gasteiger partial charge is 0.241 e. The highest BCUT2D eigenvalue weighted by Crippen LogP contribution is 2.22. The molecule has 2 aromatic rings. The summed E-state index contributed by atoms with van der Waals surface area (Å²) in [7, 11) is 5.01. The molecule has 26 heavy (non-hydrogen) atoms. The third-order valence-corrected chi connectivity index (χ3v) is 4.30. The average Bonchev–Trinajstić information content (AvgIpc) is 2.63. The third kappa shape index (κ3) is 5.43. The van der Waals surface area contributed by atoms with Crippen molar-refractivity contribution in [3.8, 4) is 0 Å². The lowest BCUT2D eigenvalue weighted by Crippen LogP contribution is -2.42. The first kappa shape index (κ1) is 19.7. The fourth-order valence-corrected chi connectivity index (χ4v) is 2.59. The van der Waals surface area contributed by atoms with Gasteiger partial charge in [-0.2, -0.15) is 0 Å². The zero-order valence-corrected chi connectivity index (χ0v) is 15.9. The van der Waals surface area contributed by atoms with E-state index >= 15 is 0 Å². The molecule has 0 saturated carbocycles. The number of carbonyl (C=O) groups is 2. The van der Waals surface area contributed by atoms with Gasteiger partial charge in [0, 0.05) is 21.1 Å². The summed E-state index contributed by atoms with van der Waals surface area (Å²) in [5.74, 6) is -0.216. The normalized spacial score (nSPS) is 11.7. The molecule has 2 amide bonds. The van der Waals surface area contributed by atoms with Crippen molar-refractivity contribution in [3.63, 3.8) is 0 Å². The lowest BCUT2D eigenvalue weighted by molar-refractivity contribution is -0.137. The number of benzene rings is 2. The van der Waals surface area contributed by atoms with E-state index in [0.29, 0.717) is 0 Å². The predicted molar refractivity (Wildman–Crippen MR) is 104 cm³/mol. The first-order valence-electron chi connectivity index (χ1n) is 8.67. The molecule has 0 aliphatic carbocycles. The molecule has 0 spiro atoms. The van der Waals surface area contributed by atoms with E-state index in [1.807, 2.05) is 30.3 Å². The number of carbonyl (C=O) groups excluding carboxylic acids is 2. The molecule has 1 N–H and O–H groups in total. The molecule has 1 atom stereocenters. The maximum Gasteiger partial charge on any atom is 0.241 e. The number of hydrogen-bond donors (Lipinski definition) is 1. The van der Waals surface area contributed by atoms with E-state index in [0.717, 1.165) is 11.1 Å². The highest BCUT2D eigenvalue weighted by molar-refractivity contribution is 5.85. The molecule has 5 heteroatoms. The van der Waals surface area contributed by atoms with Gasteiger partial charge in [-0.25, -0.2) is 0 Å². The standard InChI is InChI=1S/C21H27N3O2/c1-16-10-12-18(13-11-16)21(17-8-6-5-7-9-17)22-14-19(25)24(4)15-20(26)23(2)3/h5-13,21-22H,14-15H2,1-4H3/t21-/m0/s1. The van der Waals surface area contributed by atoms with E-state index in [1.165, 1.54) is 15.4 Å². The second-order valence-corrected chi connectivity index (χ2v) is 6.67. The van der Waals surface area contributed by atoms with Gasteiger partial charge >= 0.3 is 0 Å². The van der Waals surface area contributed by atoms with Crippen molar-refractivity contribution in [2.24, 2.45) is 0 Å². The number of aryl methyl sites for hydroxylation is 1. The van der Waals surface area contributed by atoms with Gasteiger partial charge in [-0.3, -0.25) is 14.9 Å². The summed E-state index contributed by atoms with van der Waals surface area (Å²) in [6, 6.07) is 18.2. The average molecular weight is 353 g/mol. The molecule has 0 bridgehead atoms. The van der Waals surface area contributed by atoms with Crippen molar-refractivity contribution in [1.29, 1.82) is 0 Å². The molecule has 0 heterocycles. The first-order chi connectivity index (χ1) is 12.4. The van der Waals surface area contributed by atoms with Crippen LogP contribution in [-0.4, -0.2) is 55.8 Å². The minimum absolute atomic E-state index is 0.0774. The van der Waals surface area contributed by atoms with Crippen LogP contribution in [-0.2, 0) is 9.59 Å². The van der Waals surface area contributed by atoms with Gasteiger partial charge in [-0.15, -0.1) is 0 Å². The monoisotopic (exact) mass is 353 g/mol. The molecule has 2 rings (SSSR count). The number of nitrogens with one attached hydrogen (secondary N) is 1. The van der Waals surface area contributed by atoms with Crippen molar-refractivity contribution in [1.82, 2.24) is 15.1 Å². The second kappa shape index (κ2) is 9.15. The number of amides is 2. The van der Waals surface area contributed by atoms with Gasteiger partial charge in [0.25, 0.3) is 0 Å². The molecular formula is C21H27N3O2. The fraction of sp³-hybridized carbons (Fsp3) is 0.333. The van der Waals surface area contributed by atoms with Crippen LogP contribution in [0.15, 0.2) is 54.6 Å². The van der Waals surface area contributed by atoms with Crippen LogP contribution in [0, 0.1) is 6.92 Å². The lowest BCUT2D eigenvalue weighted by Gasteiger charge is -2.23. The summed E-state index contributed by atoms with van der Waals surface area (Å²) in [6.07, 6.45) is 0. The van der Waals surface area contributed by atoms with Gasteiger partial charge in [0.05, 0.1) is 19.1 Å². The van der Waals surface area contributed by atoms with Crippen LogP contribution in [0.3, 0.4) is 0 Å². The Morgan fingerprint density at radius 1 is 0.885 bits per heavy atom. The Morgan fingerprint density at radius 2 is 1.46 bits per heavy atom. The zero-order chi connectivity index (χ0) is 19.1.